The van der Waals surface area contributed by atoms with Crippen molar-refractivity contribution >= 4 is 30.7 Å². The van der Waals surface area contributed by atoms with Crippen LogP contribution in [0.4, 0.5) is 0 Å². The van der Waals surface area contributed by atoms with Gasteiger partial charge < -0.3 is 15.0 Å². The lowest BCUT2D eigenvalue weighted by molar-refractivity contribution is -0.140. The second-order valence-corrected chi connectivity index (χ2v) is 8.60. The maximum absolute atomic E-state index is 12.7. The molecule has 3 saturated heterocycles. The molecule has 1 amide bonds. The molecule has 164 valence electrons. The number of benzene rings is 1. The van der Waals surface area contributed by atoms with Gasteiger partial charge in [-0.05, 0) is 69.2 Å². The van der Waals surface area contributed by atoms with Crippen molar-refractivity contribution in [1.82, 2.24) is 15.1 Å². The largest absolute Gasteiger partial charge is 0.497 e. The number of rotatable bonds is 4. The van der Waals surface area contributed by atoms with Gasteiger partial charge in [-0.3, -0.25) is 9.69 Å². The Hall–Kier alpha value is -1.01. The molecular formula is C22H35Cl2N3O2. The Morgan fingerprint density at radius 3 is 2.52 bits per heavy atom. The number of likely N-dealkylation sites (N-methyl/N-ethyl adjacent to an activating group) is 1. The normalized spacial score (nSPS) is 29.7. The molecule has 0 aromatic heterocycles. The zero-order chi connectivity index (χ0) is 19.0. The molecule has 0 aliphatic carbocycles. The number of carbonyl (C=O) groups excluding carboxylic acids is 1. The van der Waals surface area contributed by atoms with Crippen LogP contribution in [0.5, 0.6) is 5.75 Å². The van der Waals surface area contributed by atoms with Crippen molar-refractivity contribution in [2.24, 2.45) is 11.8 Å². The molecule has 29 heavy (non-hydrogen) atoms. The molecule has 1 aromatic carbocycles. The summed E-state index contributed by atoms with van der Waals surface area (Å²) in [5.74, 6) is 2.41. The van der Waals surface area contributed by atoms with Crippen LogP contribution < -0.4 is 10.1 Å². The first kappa shape index (κ1) is 24.3. The Labute approximate surface area is 187 Å². The number of likely N-dealkylation sites (tertiary alicyclic amines) is 1. The number of fused-ring (bicyclic) bond motifs is 4. The van der Waals surface area contributed by atoms with Crippen molar-refractivity contribution in [2.45, 2.75) is 50.7 Å². The fraction of sp³-hybridized carbons (Fsp3) is 0.682. The van der Waals surface area contributed by atoms with E-state index in [0.717, 1.165) is 25.4 Å². The molecule has 2 bridgehead atoms. The van der Waals surface area contributed by atoms with Crippen molar-refractivity contribution < 1.29 is 9.53 Å². The first-order valence-corrected chi connectivity index (χ1v) is 10.5. The fourth-order valence-corrected chi connectivity index (χ4v) is 5.57. The quantitative estimate of drug-likeness (QED) is 0.772. The van der Waals surface area contributed by atoms with Gasteiger partial charge in [0.25, 0.3) is 0 Å². The van der Waals surface area contributed by atoms with E-state index in [4.69, 9.17) is 4.74 Å². The van der Waals surface area contributed by atoms with E-state index in [1.54, 1.807) is 7.11 Å². The molecule has 3 aliphatic rings. The van der Waals surface area contributed by atoms with Crippen LogP contribution in [-0.2, 0) is 4.79 Å². The van der Waals surface area contributed by atoms with E-state index in [9.17, 15) is 4.79 Å². The van der Waals surface area contributed by atoms with Gasteiger partial charge in [0, 0.05) is 31.7 Å². The molecule has 5 atom stereocenters. The van der Waals surface area contributed by atoms with Gasteiger partial charge in [-0.25, -0.2) is 0 Å². The number of methoxy groups -OCH3 is 1. The van der Waals surface area contributed by atoms with Gasteiger partial charge in [-0.15, -0.1) is 24.8 Å². The minimum Gasteiger partial charge on any atom is -0.497 e. The van der Waals surface area contributed by atoms with Crippen LogP contribution in [0.3, 0.4) is 0 Å². The number of halogens is 2. The predicted octanol–water partition coefficient (Wildman–Crippen LogP) is 3.52. The van der Waals surface area contributed by atoms with Gasteiger partial charge in [0.15, 0.2) is 0 Å². The molecule has 0 unspecified atom stereocenters. The van der Waals surface area contributed by atoms with Crippen LogP contribution in [0, 0.1) is 11.8 Å². The first-order valence-electron chi connectivity index (χ1n) is 10.5. The number of hydrogen-bond donors (Lipinski definition) is 1. The van der Waals surface area contributed by atoms with Crippen LogP contribution in [0.15, 0.2) is 24.3 Å². The number of nitrogens with zero attached hydrogens (tertiary/aromatic N) is 2. The van der Waals surface area contributed by atoms with Gasteiger partial charge in [-0.2, -0.15) is 0 Å². The van der Waals surface area contributed by atoms with Gasteiger partial charge in [-0.1, -0.05) is 12.1 Å². The predicted molar refractivity (Wildman–Crippen MR) is 121 cm³/mol. The molecule has 3 aliphatic heterocycles. The summed E-state index contributed by atoms with van der Waals surface area (Å²) in [4.78, 5) is 17.6. The fourth-order valence-electron chi connectivity index (χ4n) is 5.57. The molecule has 1 aromatic rings. The van der Waals surface area contributed by atoms with E-state index in [2.05, 4.69) is 39.4 Å². The minimum atomic E-state index is -0.0849. The number of hydrogen-bond acceptors (Lipinski definition) is 4. The first-order chi connectivity index (χ1) is 13.1. The van der Waals surface area contributed by atoms with Crippen molar-refractivity contribution in [3.05, 3.63) is 29.8 Å². The molecule has 0 radical (unpaired) electrons. The van der Waals surface area contributed by atoms with E-state index < -0.39 is 0 Å². The molecule has 4 rings (SSSR count). The van der Waals surface area contributed by atoms with Crippen molar-refractivity contribution in [3.63, 3.8) is 0 Å². The Morgan fingerprint density at radius 2 is 1.86 bits per heavy atom. The van der Waals surface area contributed by atoms with Crippen LogP contribution in [0.25, 0.3) is 0 Å². The van der Waals surface area contributed by atoms with Crippen LogP contribution >= 0.6 is 24.8 Å². The third-order valence-corrected chi connectivity index (χ3v) is 7.00. The maximum atomic E-state index is 12.7. The SMILES string of the molecule is CN[C@@H](C)C(=O)N1C[C@@H]2C[C@H](C1)[C@@H]1CCC[C@H](c3ccc(OC)cc3)N1C2.Cl.Cl. The lowest BCUT2D eigenvalue weighted by Gasteiger charge is -2.55. The summed E-state index contributed by atoms with van der Waals surface area (Å²) in [6.07, 6.45) is 5.07. The summed E-state index contributed by atoms with van der Waals surface area (Å²) in [6.45, 7) is 4.94. The monoisotopic (exact) mass is 443 g/mol. The Balaban J connectivity index is 0.00000150. The Kier molecular flexibility index (Phi) is 8.65. The topological polar surface area (TPSA) is 44.8 Å². The number of piperidine rings is 3. The Bertz CT molecular complexity index is 673. The molecule has 3 heterocycles. The molecule has 1 N–H and O–H groups in total. The number of amides is 1. The lowest BCUT2D eigenvalue weighted by Crippen LogP contribution is -2.61. The summed E-state index contributed by atoms with van der Waals surface area (Å²) in [5.41, 5.74) is 1.41. The van der Waals surface area contributed by atoms with E-state index in [-0.39, 0.29) is 36.8 Å². The van der Waals surface area contributed by atoms with Crippen LogP contribution in [0.2, 0.25) is 0 Å². The van der Waals surface area contributed by atoms with E-state index in [0.29, 0.717) is 23.9 Å². The summed E-state index contributed by atoms with van der Waals surface area (Å²) in [5, 5.41) is 3.11. The smallest absolute Gasteiger partial charge is 0.239 e. The highest BCUT2D eigenvalue weighted by Gasteiger charge is 2.45. The van der Waals surface area contributed by atoms with Crippen molar-refractivity contribution in [2.75, 3.05) is 33.8 Å². The molecule has 0 spiro atoms. The summed E-state index contributed by atoms with van der Waals surface area (Å²) in [6, 6.07) is 9.69. The highest BCUT2D eigenvalue weighted by Crippen LogP contribution is 2.44. The summed E-state index contributed by atoms with van der Waals surface area (Å²) >= 11 is 0. The number of ether oxygens (including phenoxy) is 1. The molecule has 0 saturated carbocycles. The second kappa shape index (κ2) is 10.3. The zero-order valence-corrected chi connectivity index (χ0v) is 19.3. The third-order valence-electron chi connectivity index (χ3n) is 7.00. The van der Waals surface area contributed by atoms with E-state index >= 15 is 0 Å². The van der Waals surface area contributed by atoms with Crippen molar-refractivity contribution in [3.8, 4) is 5.75 Å². The molecule has 7 heteroatoms. The highest BCUT2D eigenvalue weighted by atomic mass is 35.5. The van der Waals surface area contributed by atoms with Gasteiger partial charge in [0.05, 0.1) is 13.2 Å². The third kappa shape index (κ3) is 4.84. The molecule has 3 fully saturated rings. The number of carbonyl (C=O) groups is 1. The van der Waals surface area contributed by atoms with Gasteiger partial charge in [0.2, 0.25) is 5.91 Å². The average Bonchev–Trinajstić information content (AvgIpc) is 2.72. The van der Waals surface area contributed by atoms with E-state index in [1.807, 2.05) is 14.0 Å². The number of nitrogens with one attached hydrogen (secondary N) is 1. The van der Waals surface area contributed by atoms with Crippen LogP contribution in [-0.4, -0.2) is 61.6 Å². The van der Waals surface area contributed by atoms with E-state index in [1.165, 1.54) is 31.2 Å². The standard InChI is InChI=1S/C22H33N3O2.2ClH/c1-15(23-2)22(26)24-12-16-11-18(14-24)21-6-4-5-20(25(21)13-16)17-7-9-19(27-3)10-8-17;;/h7-10,15-16,18,20-21,23H,4-6,11-14H2,1-3H3;2*1H/t15-,16-,18+,20+,21-;;/m0../s1. The van der Waals surface area contributed by atoms with Gasteiger partial charge >= 0.3 is 0 Å². The summed E-state index contributed by atoms with van der Waals surface area (Å²) < 4.78 is 5.33. The van der Waals surface area contributed by atoms with Crippen LogP contribution in [0.1, 0.15) is 44.2 Å². The Morgan fingerprint density at radius 1 is 1.14 bits per heavy atom. The molecule has 5 nitrogen and oxygen atoms in total. The van der Waals surface area contributed by atoms with Gasteiger partial charge in [0.1, 0.15) is 5.75 Å². The summed E-state index contributed by atoms with van der Waals surface area (Å²) in [7, 11) is 3.59. The minimum absolute atomic E-state index is 0. The zero-order valence-electron chi connectivity index (χ0n) is 17.7. The average molecular weight is 444 g/mol. The molecular weight excluding hydrogens is 409 g/mol. The lowest BCUT2D eigenvalue weighted by atomic mass is 9.74. The second-order valence-electron chi connectivity index (χ2n) is 8.60. The highest BCUT2D eigenvalue weighted by molar-refractivity contribution is 5.85. The maximum Gasteiger partial charge on any atom is 0.239 e. The van der Waals surface area contributed by atoms with Crippen molar-refractivity contribution in [1.29, 1.82) is 0 Å².